The first kappa shape index (κ1) is 19.2. The molecule has 0 unspecified atom stereocenters. The average molecular weight is 386 g/mol. The van der Waals surface area contributed by atoms with Crippen LogP contribution >= 0.6 is 0 Å². The summed E-state index contributed by atoms with van der Waals surface area (Å²) in [6.07, 6.45) is 2.79. The van der Waals surface area contributed by atoms with E-state index in [9.17, 15) is 9.59 Å². The molecule has 2 heterocycles. The minimum absolute atomic E-state index is 0.122. The molecule has 3 aliphatic rings. The summed E-state index contributed by atoms with van der Waals surface area (Å²) in [5.41, 5.74) is -0.349. The second-order valence-corrected chi connectivity index (χ2v) is 9.39. The molecule has 1 aromatic rings. The van der Waals surface area contributed by atoms with Crippen molar-refractivity contribution in [1.82, 2.24) is 9.80 Å². The number of nitrogens with zero attached hydrogens (tertiary/aromatic N) is 2. The summed E-state index contributed by atoms with van der Waals surface area (Å²) in [5.74, 6) is 0.122. The normalized spacial score (nSPS) is 23.2. The number of rotatable bonds is 2. The van der Waals surface area contributed by atoms with Crippen molar-refractivity contribution >= 4 is 12.0 Å². The van der Waals surface area contributed by atoms with Crippen LogP contribution in [0.25, 0.3) is 0 Å². The summed E-state index contributed by atoms with van der Waals surface area (Å²) in [4.78, 5) is 29.1. The maximum atomic E-state index is 13.0. The van der Waals surface area contributed by atoms with E-state index in [-0.39, 0.29) is 17.6 Å². The van der Waals surface area contributed by atoms with Crippen LogP contribution in [-0.4, -0.2) is 58.2 Å². The van der Waals surface area contributed by atoms with Crippen LogP contribution in [0.2, 0.25) is 0 Å². The standard InChI is InChI=1S/C22H30N2O4/c1-20(2,3)27-19(26)23-13-11-21(12-14-23)16-24(15-17-7-5-4-6-8-17)18(25)22(28-21)9-10-22/h4-8H,9-16H2,1-3H3. The van der Waals surface area contributed by atoms with Gasteiger partial charge in [-0.25, -0.2) is 4.79 Å². The molecule has 28 heavy (non-hydrogen) atoms. The smallest absolute Gasteiger partial charge is 0.410 e. The summed E-state index contributed by atoms with van der Waals surface area (Å²) in [5, 5.41) is 0. The number of piperidine rings is 1. The molecular weight excluding hydrogens is 356 g/mol. The molecule has 6 nitrogen and oxygen atoms in total. The fourth-order valence-electron chi connectivity index (χ4n) is 4.24. The van der Waals surface area contributed by atoms with Crippen LogP contribution in [0.4, 0.5) is 4.79 Å². The van der Waals surface area contributed by atoms with Gasteiger partial charge >= 0.3 is 6.09 Å². The zero-order chi connectivity index (χ0) is 20.0. The summed E-state index contributed by atoms with van der Waals surface area (Å²) in [6, 6.07) is 10.1. The molecule has 6 heteroatoms. The number of hydrogen-bond acceptors (Lipinski definition) is 4. The number of ether oxygens (including phenoxy) is 2. The molecule has 2 amide bonds. The van der Waals surface area contributed by atoms with Gasteiger partial charge in [-0.05, 0) is 52.0 Å². The van der Waals surface area contributed by atoms with E-state index in [0.29, 0.717) is 26.2 Å². The van der Waals surface area contributed by atoms with E-state index in [1.165, 1.54) is 0 Å². The molecule has 3 fully saturated rings. The van der Waals surface area contributed by atoms with Crippen LogP contribution < -0.4 is 0 Å². The number of morpholine rings is 1. The van der Waals surface area contributed by atoms with Crippen LogP contribution in [0.1, 0.15) is 52.0 Å². The maximum Gasteiger partial charge on any atom is 0.410 e. The molecule has 1 aromatic carbocycles. The quantitative estimate of drug-likeness (QED) is 0.782. The fraction of sp³-hybridized carbons (Fsp3) is 0.636. The highest BCUT2D eigenvalue weighted by atomic mass is 16.6. The SMILES string of the molecule is CC(C)(C)OC(=O)N1CCC2(CC1)CN(Cc1ccccc1)C(=O)C1(CC1)O2. The van der Waals surface area contributed by atoms with Gasteiger partial charge < -0.3 is 19.3 Å². The number of carbonyl (C=O) groups is 2. The highest BCUT2D eigenvalue weighted by molar-refractivity contribution is 5.89. The summed E-state index contributed by atoms with van der Waals surface area (Å²) < 4.78 is 12.0. The molecule has 1 saturated carbocycles. The summed E-state index contributed by atoms with van der Waals surface area (Å²) in [6.45, 7) is 8.03. The van der Waals surface area contributed by atoms with Gasteiger partial charge in [0.2, 0.25) is 0 Å². The van der Waals surface area contributed by atoms with Gasteiger partial charge in [0, 0.05) is 19.6 Å². The maximum absolute atomic E-state index is 13.0. The van der Waals surface area contributed by atoms with E-state index in [4.69, 9.17) is 9.47 Å². The van der Waals surface area contributed by atoms with Gasteiger partial charge in [0.25, 0.3) is 5.91 Å². The average Bonchev–Trinajstić information content (AvgIpc) is 3.39. The van der Waals surface area contributed by atoms with Crippen LogP contribution in [0, 0.1) is 0 Å². The van der Waals surface area contributed by atoms with Crippen molar-refractivity contribution in [2.45, 2.75) is 69.8 Å². The van der Waals surface area contributed by atoms with E-state index < -0.39 is 11.2 Å². The lowest BCUT2D eigenvalue weighted by atomic mass is 9.88. The Labute approximate surface area is 166 Å². The van der Waals surface area contributed by atoms with Crippen molar-refractivity contribution < 1.29 is 19.1 Å². The van der Waals surface area contributed by atoms with Crippen LogP contribution in [0.5, 0.6) is 0 Å². The van der Waals surface area contributed by atoms with Gasteiger partial charge in [-0.3, -0.25) is 4.79 Å². The van der Waals surface area contributed by atoms with Crippen LogP contribution in [-0.2, 0) is 20.8 Å². The number of likely N-dealkylation sites (tertiary alicyclic amines) is 1. The van der Waals surface area contributed by atoms with Crippen molar-refractivity contribution in [2.24, 2.45) is 0 Å². The Morgan fingerprint density at radius 1 is 1.11 bits per heavy atom. The lowest BCUT2D eigenvalue weighted by Gasteiger charge is -2.50. The van der Waals surface area contributed by atoms with Crippen molar-refractivity contribution in [3.8, 4) is 0 Å². The molecule has 0 radical (unpaired) electrons. The Morgan fingerprint density at radius 2 is 1.75 bits per heavy atom. The highest BCUT2D eigenvalue weighted by Crippen LogP contribution is 2.50. The van der Waals surface area contributed by atoms with Crippen molar-refractivity contribution in [3.05, 3.63) is 35.9 Å². The largest absolute Gasteiger partial charge is 0.444 e. The Bertz CT molecular complexity index is 744. The second-order valence-electron chi connectivity index (χ2n) is 9.39. The number of hydrogen-bond donors (Lipinski definition) is 0. The minimum Gasteiger partial charge on any atom is -0.444 e. The Hall–Kier alpha value is -2.08. The molecule has 0 aromatic heterocycles. The molecular formula is C22H30N2O4. The second kappa shape index (κ2) is 6.76. The van der Waals surface area contributed by atoms with Gasteiger partial charge in [-0.1, -0.05) is 30.3 Å². The molecule has 0 bridgehead atoms. The predicted molar refractivity (Wildman–Crippen MR) is 105 cm³/mol. The predicted octanol–water partition coefficient (Wildman–Crippen LogP) is 3.35. The molecule has 2 spiro atoms. The van der Waals surface area contributed by atoms with Crippen molar-refractivity contribution in [1.29, 1.82) is 0 Å². The first-order valence-electron chi connectivity index (χ1n) is 10.2. The Kier molecular flexibility index (Phi) is 4.65. The zero-order valence-corrected chi connectivity index (χ0v) is 17.1. The molecule has 1 aliphatic carbocycles. The lowest BCUT2D eigenvalue weighted by Crippen LogP contribution is -2.63. The molecule has 4 rings (SSSR count). The number of amides is 2. The first-order valence-corrected chi connectivity index (χ1v) is 10.2. The van der Waals surface area contributed by atoms with E-state index in [2.05, 4.69) is 12.1 Å². The Morgan fingerprint density at radius 3 is 2.32 bits per heavy atom. The number of carbonyl (C=O) groups excluding carboxylic acids is 2. The molecule has 2 aliphatic heterocycles. The van der Waals surface area contributed by atoms with E-state index >= 15 is 0 Å². The van der Waals surface area contributed by atoms with Crippen LogP contribution in [0.3, 0.4) is 0 Å². The third-order valence-electron chi connectivity index (χ3n) is 5.81. The monoisotopic (exact) mass is 386 g/mol. The zero-order valence-electron chi connectivity index (χ0n) is 17.1. The fourth-order valence-corrected chi connectivity index (χ4v) is 4.24. The van der Waals surface area contributed by atoms with Gasteiger partial charge in [0.1, 0.15) is 11.2 Å². The molecule has 0 N–H and O–H groups in total. The molecule has 0 atom stereocenters. The third kappa shape index (κ3) is 3.88. The molecule has 2 saturated heterocycles. The first-order chi connectivity index (χ1) is 13.2. The van der Waals surface area contributed by atoms with Gasteiger partial charge in [0.05, 0.1) is 12.1 Å². The third-order valence-corrected chi connectivity index (χ3v) is 5.81. The number of benzene rings is 1. The summed E-state index contributed by atoms with van der Waals surface area (Å²) >= 11 is 0. The molecule has 152 valence electrons. The van der Waals surface area contributed by atoms with E-state index in [1.54, 1.807) is 4.90 Å². The van der Waals surface area contributed by atoms with Crippen LogP contribution in [0.15, 0.2) is 30.3 Å². The summed E-state index contributed by atoms with van der Waals surface area (Å²) in [7, 11) is 0. The minimum atomic E-state index is -0.624. The Balaban J connectivity index is 1.45. The van der Waals surface area contributed by atoms with E-state index in [1.807, 2.05) is 43.9 Å². The van der Waals surface area contributed by atoms with Crippen molar-refractivity contribution in [2.75, 3.05) is 19.6 Å². The highest BCUT2D eigenvalue weighted by Gasteiger charge is 2.61. The lowest BCUT2D eigenvalue weighted by molar-refractivity contribution is -0.201. The van der Waals surface area contributed by atoms with Gasteiger partial charge in [0.15, 0.2) is 0 Å². The van der Waals surface area contributed by atoms with Gasteiger partial charge in [-0.2, -0.15) is 0 Å². The topological polar surface area (TPSA) is 59.1 Å². The van der Waals surface area contributed by atoms with Gasteiger partial charge in [-0.15, -0.1) is 0 Å². The van der Waals surface area contributed by atoms with Crippen molar-refractivity contribution in [3.63, 3.8) is 0 Å². The van der Waals surface area contributed by atoms with E-state index in [0.717, 1.165) is 31.2 Å².